The molecule has 0 bridgehead atoms. The highest BCUT2D eigenvalue weighted by atomic mass is 32.2. The number of anilines is 2. The zero-order valence-electron chi connectivity index (χ0n) is 16.0. The second kappa shape index (κ2) is 7.35. The maximum Gasteiger partial charge on any atom is 0.235 e. The zero-order valence-corrected chi connectivity index (χ0v) is 16.8. The van der Waals surface area contributed by atoms with Crippen molar-refractivity contribution in [3.63, 3.8) is 0 Å². The van der Waals surface area contributed by atoms with Crippen LogP contribution in [0.15, 0.2) is 42.5 Å². The van der Waals surface area contributed by atoms with Crippen molar-refractivity contribution in [1.29, 1.82) is 0 Å². The molecule has 1 fully saturated rings. The van der Waals surface area contributed by atoms with Crippen LogP contribution in [0.4, 0.5) is 11.4 Å². The van der Waals surface area contributed by atoms with Crippen molar-refractivity contribution >= 4 is 27.3 Å². The van der Waals surface area contributed by atoms with Crippen LogP contribution in [0.1, 0.15) is 42.4 Å². The van der Waals surface area contributed by atoms with E-state index in [0.29, 0.717) is 11.4 Å². The minimum Gasteiger partial charge on any atom is -0.325 e. The van der Waals surface area contributed by atoms with Gasteiger partial charge in [-0.3, -0.25) is 9.52 Å². The molecular weight excluding hydrogens is 360 g/mol. The molecule has 2 N–H and O–H groups in total. The van der Waals surface area contributed by atoms with Gasteiger partial charge in [0.2, 0.25) is 15.9 Å². The van der Waals surface area contributed by atoms with E-state index in [1.54, 1.807) is 18.2 Å². The van der Waals surface area contributed by atoms with Crippen molar-refractivity contribution in [2.24, 2.45) is 0 Å². The summed E-state index contributed by atoms with van der Waals surface area (Å²) < 4.78 is 25.6. The quantitative estimate of drug-likeness (QED) is 0.811. The number of aryl methyl sites for hydroxylation is 2. The summed E-state index contributed by atoms with van der Waals surface area (Å²) in [6, 6.07) is 13.4. The van der Waals surface area contributed by atoms with Crippen LogP contribution in [-0.2, 0) is 20.2 Å². The van der Waals surface area contributed by atoms with Gasteiger partial charge in [-0.1, -0.05) is 48.7 Å². The Labute approximate surface area is 161 Å². The molecule has 2 aromatic carbocycles. The largest absolute Gasteiger partial charge is 0.325 e. The van der Waals surface area contributed by atoms with Gasteiger partial charge in [-0.25, -0.2) is 8.42 Å². The number of amides is 1. The number of sulfonamides is 1. The molecule has 0 spiro atoms. The molecule has 5 nitrogen and oxygen atoms in total. The van der Waals surface area contributed by atoms with Crippen molar-refractivity contribution in [1.82, 2.24) is 0 Å². The van der Waals surface area contributed by atoms with Crippen LogP contribution in [0.2, 0.25) is 0 Å². The van der Waals surface area contributed by atoms with Crippen molar-refractivity contribution in [2.45, 2.75) is 44.9 Å². The van der Waals surface area contributed by atoms with Crippen LogP contribution >= 0.6 is 0 Å². The lowest BCUT2D eigenvalue weighted by atomic mass is 9.77. The third-order valence-corrected chi connectivity index (χ3v) is 5.84. The molecule has 144 valence electrons. The predicted molar refractivity (Wildman–Crippen MR) is 110 cm³/mol. The first-order valence-electron chi connectivity index (χ1n) is 9.17. The van der Waals surface area contributed by atoms with Gasteiger partial charge in [0.15, 0.2) is 0 Å². The van der Waals surface area contributed by atoms with Gasteiger partial charge in [0, 0.05) is 5.69 Å². The van der Waals surface area contributed by atoms with Crippen LogP contribution < -0.4 is 10.0 Å². The number of nitrogens with one attached hydrogen (secondary N) is 2. The van der Waals surface area contributed by atoms with Crippen molar-refractivity contribution < 1.29 is 13.2 Å². The Morgan fingerprint density at radius 1 is 1.04 bits per heavy atom. The van der Waals surface area contributed by atoms with Gasteiger partial charge in [-0.2, -0.15) is 0 Å². The van der Waals surface area contributed by atoms with E-state index in [1.807, 2.05) is 32.0 Å². The molecule has 0 radical (unpaired) electrons. The van der Waals surface area contributed by atoms with Crippen LogP contribution in [0, 0.1) is 13.8 Å². The fraction of sp³-hybridized carbons (Fsp3) is 0.381. The molecule has 1 aliphatic carbocycles. The SMILES string of the molecule is Cc1cccc(C2(C(=O)Nc3ccc(C)c(NS(C)(=O)=O)c3)CCCC2)c1. The van der Waals surface area contributed by atoms with Gasteiger partial charge in [-0.15, -0.1) is 0 Å². The first kappa shape index (κ1) is 19.4. The van der Waals surface area contributed by atoms with E-state index in [4.69, 9.17) is 0 Å². The lowest BCUT2D eigenvalue weighted by Crippen LogP contribution is -2.38. The molecule has 3 rings (SSSR count). The summed E-state index contributed by atoms with van der Waals surface area (Å²) >= 11 is 0. The topological polar surface area (TPSA) is 75.3 Å². The second-order valence-corrected chi connectivity index (χ2v) is 9.27. The first-order chi connectivity index (χ1) is 12.7. The number of rotatable bonds is 5. The van der Waals surface area contributed by atoms with Gasteiger partial charge >= 0.3 is 0 Å². The maximum atomic E-state index is 13.3. The van der Waals surface area contributed by atoms with E-state index < -0.39 is 15.4 Å². The van der Waals surface area contributed by atoms with Crippen LogP contribution in [-0.4, -0.2) is 20.6 Å². The van der Waals surface area contributed by atoms with Crippen molar-refractivity contribution in [3.05, 3.63) is 59.2 Å². The third-order valence-electron chi connectivity index (χ3n) is 5.25. The highest BCUT2D eigenvalue weighted by molar-refractivity contribution is 7.92. The molecule has 0 atom stereocenters. The summed E-state index contributed by atoms with van der Waals surface area (Å²) in [6.07, 6.45) is 4.81. The second-order valence-electron chi connectivity index (χ2n) is 7.52. The Hall–Kier alpha value is -2.34. The fourth-order valence-electron chi connectivity index (χ4n) is 3.83. The molecule has 1 aliphatic rings. The average Bonchev–Trinajstić information content (AvgIpc) is 3.08. The van der Waals surface area contributed by atoms with Gasteiger partial charge in [0.05, 0.1) is 17.4 Å². The van der Waals surface area contributed by atoms with Gasteiger partial charge in [-0.05, 0) is 49.9 Å². The molecule has 0 saturated heterocycles. The number of carbonyl (C=O) groups is 1. The van der Waals surface area contributed by atoms with Crippen molar-refractivity contribution in [3.8, 4) is 0 Å². The van der Waals surface area contributed by atoms with E-state index in [1.165, 1.54) is 0 Å². The Morgan fingerprint density at radius 2 is 1.74 bits per heavy atom. The zero-order chi connectivity index (χ0) is 19.7. The third kappa shape index (κ3) is 4.33. The Kier molecular flexibility index (Phi) is 5.29. The fourth-order valence-corrected chi connectivity index (χ4v) is 4.45. The summed E-state index contributed by atoms with van der Waals surface area (Å²) in [4.78, 5) is 13.3. The van der Waals surface area contributed by atoms with Gasteiger partial charge in [0.25, 0.3) is 0 Å². The number of hydrogen-bond donors (Lipinski definition) is 2. The molecule has 0 unspecified atom stereocenters. The maximum absolute atomic E-state index is 13.3. The lowest BCUT2D eigenvalue weighted by molar-refractivity contribution is -0.121. The standard InChI is InChI=1S/C21H26N2O3S/c1-15-7-6-8-17(13-15)21(11-4-5-12-21)20(24)22-18-10-9-16(2)19(14-18)23-27(3,25)26/h6-10,13-14,23H,4-5,11-12H2,1-3H3,(H,22,24). The van der Waals surface area contributed by atoms with Crippen LogP contribution in [0.5, 0.6) is 0 Å². The lowest BCUT2D eigenvalue weighted by Gasteiger charge is -2.29. The van der Waals surface area contributed by atoms with E-state index >= 15 is 0 Å². The number of benzene rings is 2. The van der Waals surface area contributed by atoms with Crippen LogP contribution in [0.25, 0.3) is 0 Å². The van der Waals surface area contributed by atoms with Crippen LogP contribution in [0.3, 0.4) is 0 Å². The first-order valence-corrected chi connectivity index (χ1v) is 11.1. The number of hydrogen-bond acceptors (Lipinski definition) is 3. The minimum atomic E-state index is -3.38. The highest BCUT2D eigenvalue weighted by Crippen LogP contribution is 2.42. The monoisotopic (exact) mass is 386 g/mol. The van der Waals surface area contributed by atoms with Gasteiger partial charge < -0.3 is 5.32 Å². The Morgan fingerprint density at radius 3 is 2.37 bits per heavy atom. The predicted octanol–water partition coefficient (Wildman–Crippen LogP) is 4.13. The molecule has 27 heavy (non-hydrogen) atoms. The molecule has 2 aromatic rings. The Balaban J connectivity index is 1.90. The summed E-state index contributed by atoms with van der Waals surface area (Å²) in [5.74, 6) is -0.0280. The summed E-state index contributed by atoms with van der Waals surface area (Å²) in [7, 11) is -3.38. The highest BCUT2D eigenvalue weighted by Gasteiger charge is 2.42. The molecule has 0 heterocycles. The summed E-state index contributed by atoms with van der Waals surface area (Å²) in [5.41, 5.74) is 3.54. The number of carbonyl (C=O) groups excluding carboxylic acids is 1. The molecule has 1 amide bonds. The Bertz CT molecular complexity index is 961. The average molecular weight is 387 g/mol. The molecule has 6 heteroatoms. The van der Waals surface area contributed by atoms with E-state index in [0.717, 1.165) is 48.6 Å². The van der Waals surface area contributed by atoms with E-state index in [2.05, 4.69) is 16.1 Å². The van der Waals surface area contributed by atoms with Crippen molar-refractivity contribution in [2.75, 3.05) is 16.3 Å². The molecule has 0 aromatic heterocycles. The molecular formula is C21H26N2O3S. The normalized spacial score (nSPS) is 16.1. The smallest absolute Gasteiger partial charge is 0.235 e. The summed E-state index contributed by atoms with van der Waals surface area (Å²) in [5, 5.41) is 3.02. The summed E-state index contributed by atoms with van der Waals surface area (Å²) in [6.45, 7) is 3.86. The van der Waals surface area contributed by atoms with E-state index in [-0.39, 0.29) is 5.91 Å². The minimum absolute atomic E-state index is 0.0280. The van der Waals surface area contributed by atoms with E-state index in [9.17, 15) is 13.2 Å². The molecule has 1 saturated carbocycles. The molecule has 0 aliphatic heterocycles. The van der Waals surface area contributed by atoms with Gasteiger partial charge in [0.1, 0.15) is 0 Å².